The number of benzene rings is 1. The number of nitrogens with zero attached hydrogens (tertiary/aromatic N) is 1. The molecule has 0 aliphatic heterocycles. The topological polar surface area (TPSA) is 75.4 Å². The Balaban J connectivity index is 2.08. The molecule has 2 N–H and O–H groups in total. The van der Waals surface area contributed by atoms with Crippen LogP contribution >= 0.6 is 23.2 Å². The normalized spacial score (nSPS) is 10.5. The largest absolute Gasteiger partial charge is 0.476 e. The minimum atomic E-state index is -1.18. The number of aromatic carboxylic acids is 1. The van der Waals surface area contributed by atoms with E-state index in [1.54, 1.807) is 0 Å². The van der Waals surface area contributed by atoms with Gasteiger partial charge >= 0.3 is 5.97 Å². The summed E-state index contributed by atoms with van der Waals surface area (Å²) in [6, 6.07) is 4.00. The third-order valence-electron chi connectivity index (χ3n) is 2.23. The Morgan fingerprint density at radius 1 is 1.37 bits per heavy atom. The quantitative estimate of drug-likeness (QED) is 0.846. The van der Waals surface area contributed by atoms with E-state index in [1.165, 1.54) is 18.2 Å². The van der Waals surface area contributed by atoms with E-state index in [-0.39, 0.29) is 22.3 Å². The highest BCUT2D eigenvalue weighted by Gasteiger charge is 2.11. The van der Waals surface area contributed by atoms with Crippen LogP contribution in [-0.2, 0) is 6.54 Å². The number of carboxylic acid groups (broad SMARTS) is 1. The molecule has 1 heterocycles. The fourth-order valence-electron chi connectivity index (χ4n) is 1.34. The summed E-state index contributed by atoms with van der Waals surface area (Å²) in [6.07, 6.45) is 0. The van der Waals surface area contributed by atoms with E-state index in [4.69, 9.17) is 32.8 Å². The summed E-state index contributed by atoms with van der Waals surface area (Å²) in [5, 5.41) is 14.7. The monoisotopic (exact) mass is 304 g/mol. The predicted octanol–water partition coefficient (Wildman–Crippen LogP) is 3.43. The van der Waals surface area contributed by atoms with Crippen molar-refractivity contribution in [2.24, 2.45) is 0 Å². The van der Waals surface area contributed by atoms with Gasteiger partial charge in [-0.25, -0.2) is 9.18 Å². The van der Waals surface area contributed by atoms with Crippen molar-refractivity contribution in [1.82, 2.24) is 5.16 Å². The van der Waals surface area contributed by atoms with E-state index in [0.29, 0.717) is 11.4 Å². The Morgan fingerprint density at radius 3 is 2.53 bits per heavy atom. The van der Waals surface area contributed by atoms with Gasteiger partial charge in [0.15, 0.2) is 17.3 Å². The molecule has 0 radical (unpaired) electrons. The highest BCUT2D eigenvalue weighted by molar-refractivity contribution is 6.35. The van der Waals surface area contributed by atoms with E-state index >= 15 is 0 Å². The smallest absolute Gasteiger partial charge is 0.358 e. The number of rotatable bonds is 4. The lowest BCUT2D eigenvalue weighted by Gasteiger charge is -2.06. The maximum Gasteiger partial charge on any atom is 0.358 e. The molecule has 0 unspecified atom stereocenters. The summed E-state index contributed by atoms with van der Waals surface area (Å²) in [5.41, 5.74) is 0.289. The minimum absolute atomic E-state index is 0.112. The Kier molecular flexibility index (Phi) is 3.92. The molecule has 100 valence electrons. The summed E-state index contributed by atoms with van der Waals surface area (Å²) in [7, 11) is 0. The maximum absolute atomic E-state index is 13.2. The van der Waals surface area contributed by atoms with Crippen LogP contribution in [-0.4, -0.2) is 16.2 Å². The molecule has 2 aromatic rings. The Morgan fingerprint density at radius 2 is 2.00 bits per heavy atom. The van der Waals surface area contributed by atoms with Gasteiger partial charge in [0.1, 0.15) is 0 Å². The lowest BCUT2D eigenvalue weighted by molar-refractivity contribution is 0.0685. The third kappa shape index (κ3) is 3.15. The first-order chi connectivity index (χ1) is 8.97. The van der Waals surface area contributed by atoms with Gasteiger partial charge in [-0.3, -0.25) is 0 Å². The van der Waals surface area contributed by atoms with Gasteiger partial charge in [-0.05, 0) is 12.1 Å². The molecule has 0 saturated carbocycles. The van der Waals surface area contributed by atoms with Gasteiger partial charge in [-0.2, -0.15) is 0 Å². The van der Waals surface area contributed by atoms with E-state index in [2.05, 4.69) is 10.5 Å². The predicted molar refractivity (Wildman–Crippen MR) is 67.2 cm³/mol. The molecule has 1 aromatic heterocycles. The minimum Gasteiger partial charge on any atom is -0.476 e. The molecule has 0 aliphatic rings. The molecule has 19 heavy (non-hydrogen) atoms. The Hall–Kier alpha value is -1.79. The molecule has 2 rings (SSSR count). The van der Waals surface area contributed by atoms with Crippen LogP contribution in [0.5, 0.6) is 0 Å². The van der Waals surface area contributed by atoms with Crippen molar-refractivity contribution in [2.75, 3.05) is 5.32 Å². The molecule has 1 aromatic carbocycles. The lowest BCUT2D eigenvalue weighted by atomic mass is 10.3. The molecule has 0 aliphatic carbocycles. The number of nitrogens with one attached hydrogen (secondary N) is 1. The van der Waals surface area contributed by atoms with Crippen LogP contribution < -0.4 is 5.32 Å². The SMILES string of the molecule is O=C(O)c1cc(CNc2cc(Cl)c(F)c(Cl)c2)on1. The van der Waals surface area contributed by atoms with Gasteiger partial charge in [0, 0.05) is 11.8 Å². The van der Waals surface area contributed by atoms with Crippen molar-refractivity contribution < 1.29 is 18.8 Å². The molecular weight excluding hydrogens is 298 g/mol. The van der Waals surface area contributed by atoms with Gasteiger partial charge in [0.2, 0.25) is 0 Å². The Bertz CT molecular complexity index is 607. The van der Waals surface area contributed by atoms with Crippen LogP contribution in [0.1, 0.15) is 16.2 Å². The standard InChI is InChI=1S/C11H7Cl2FN2O3/c12-7-1-5(2-8(13)10(7)14)15-4-6-3-9(11(17)18)16-19-6/h1-3,15H,4H2,(H,17,18). The van der Waals surface area contributed by atoms with Crippen LogP contribution in [0.2, 0.25) is 10.0 Å². The van der Waals surface area contributed by atoms with Gasteiger partial charge in [-0.1, -0.05) is 28.4 Å². The highest BCUT2D eigenvalue weighted by atomic mass is 35.5. The van der Waals surface area contributed by atoms with Crippen LogP contribution in [0.3, 0.4) is 0 Å². The van der Waals surface area contributed by atoms with Crippen molar-refractivity contribution in [3.63, 3.8) is 0 Å². The molecule has 0 bridgehead atoms. The average Bonchev–Trinajstić information content (AvgIpc) is 2.82. The summed E-state index contributed by atoms with van der Waals surface area (Å²) < 4.78 is 18.0. The summed E-state index contributed by atoms with van der Waals surface area (Å²) >= 11 is 11.3. The van der Waals surface area contributed by atoms with Crippen LogP contribution in [0.15, 0.2) is 22.7 Å². The fraction of sp³-hybridized carbons (Fsp3) is 0.0909. The van der Waals surface area contributed by atoms with Gasteiger partial charge in [-0.15, -0.1) is 0 Å². The average molecular weight is 305 g/mol. The maximum atomic E-state index is 13.2. The fourth-order valence-corrected chi connectivity index (χ4v) is 1.83. The summed E-state index contributed by atoms with van der Waals surface area (Å²) in [6.45, 7) is 0.165. The molecule has 0 spiro atoms. The molecule has 0 amide bonds. The number of carboxylic acids is 1. The third-order valence-corrected chi connectivity index (χ3v) is 2.78. The van der Waals surface area contributed by atoms with Crippen LogP contribution in [0.25, 0.3) is 0 Å². The number of carbonyl (C=O) groups is 1. The van der Waals surface area contributed by atoms with E-state index in [9.17, 15) is 9.18 Å². The van der Waals surface area contributed by atoms with E-state index < -0.39 is 11.8 Å². The second-order valence-corrected chi connectivity index (χ2v) is 4.41. The highest BCUT2D eigenvalue weighted by Crippen LogP contribution is 2.27. The van der Waals surface area contributed by atoms with Gasteiger partial charge in [0.25, 0.3) is 0 Å². The first-order valence-electron chi connectivity index (χ1n) is 5.04. The summed E-state index contributed by atoms with van der Waals surface area (Å²) in [5.74, 6) is -1.56. The number of hydrogen-bond donors (Lipinski definition) is 2. The molecule has 0 saturated heterocycles. The zero-order chi connectivity index (χ0) is 14.0. The van der Waals surface area contributed by atoms with Crippen molar-refractivity contribution in [2.45, 2.75) is 6.54 Å². The lowest BCUT2D eigenvalue weighted by Crippen LogP contribution is -1.99. The van der Waals surface area contributed by atoms with Gasteiger partial charge in [0.05, 0.1) is 16.6 Å². The number of halogens is 3. The summed E-state index contributed by atoms with van der Waals surface area (Å²) in [4.78, 5) is 10.6. The Labute approximate surface area is 116 Å². The van der Waals surface area contributed by atoms with E-state index in [1.807, 2.05) is 0 Å². The molecule has 8 heteroatoms. The molecular formula is C11H7Cl2FN2O3. The van der Waals surface area contributed by atoms with Crippen LogP contribution in [0.4, 0.5) is 10.1 Å². The zero-order valence-corrected chi connectivity index (χ0v) is 10.8. The van der Waals surface area contributed by atoms with E-state index in [0.717, 1.165) is 0 Å². The number of hydrogen-bond acceptors (Lipinski definition) is 4. The second kappa shape index (κ2) is 5.46. The van der Waals surface area contributed by atoms with Crippen molar-refractivity contribution in [3.05, 3.63) is 45.5 Å². The molecule has 0 fully saturated rings. The second-order valence-electron chi connectivity index (χ2n) is 3.59. The zero-order valence-electron chi connectivity index (χ0n) is 9.28. The number of aromatic nitrogens is 1. The molecule has 5 nitrogen and oxygen atoms in total. The first-order valence-corrected chi connectivity index (χ1v) is 5.80. The van der Waals surface area contributed by atoms with Crippen LogP contribution in [0, 0.1) is 5.82 Å². The molecule has 0 atom stereocenters. The van der Waals surface area contributed by atoms with Crippen molar-refractivity contribution in [1.29, 1.82) is 0 Å². The van der Waals surface area contributed by atoms with Gasteiger partial charge < -0.3 is 14.9 Å². The van der Waals surface area contributed by atoms with Crippen molar-refractivity contribution >= 4 is 34.9 Å². The first kappa shape index (κ1) is 13.6. The van der Waals surface area contributed by atoms with Crippen molar-refractivity contribution in [3.8, 4) is 0 Å². The number of anilines is 1.